The summed E-state index contributed by atoms with van der Waals surface area (Å²) >= 11 is 0. The third-order valence-electron chi connectivity index (χ3n) is 3.33. The van der Waals surface area contributed by atoms with Crippen LogP contribution in [-0.4, -0.2) is 35.5 Å². The number of hydrogen-bond acceptors (Lipinski definition) is 6. The molecule has 1 saturated heterocycles. The largest absolute Gasteiger partial charge is 0.466 e. The lowest BCUT2D eigenvalue weighted by Gasteiger charge is -2.30. The van der Waals surface area contributed by atoms with Gasteiger partial charge >= 0.3 is 11.9 Å². The fourth-order valence-electron chi connectivity index (χ4n) is 2.42. The molecule has 2 rings (SSSR count). The highest BCUT2D eigenvalue weighted by Gasteiger charge is 2.27. The molecular formula is C13H18N2O5. The lowest BCUT2D eigenvalue weighted by Crippen LogP contribution is -2.38. The number of ether oxygens (including phenoxy) is 1. The minimum Gasteiger partial charge on any atom is -0.466 e. The van der Waals surface area contributed by atoms with Crippen LogP contribution in [0.5, 0.6) is 0 Å². The first-order chi connectivity index (χ1) is 9.60. The fraction of sp³-hybridized carbons (Fsp3) is 0.615. The van der Waals surface area contributed by atoms with Gasteiger partial charge in [-0.05, 0) is 32.4 Å². The van der Waals surface area contributed by atoms with E-state index in [2.05, 4.69) is 4.90 Å². The van der Waals surface area contributed by atoms with Crippen LogP contribution in [0.4, 0.5) is 5.88 Å². The number of carbonyl (C=O) groups excluding carboxylic acids is 1. The molecule has 0 aromatic carbocycles. The molecule has 1 aromatic heterocycles. The van der Waals surface area contributed by atoms with Crippen LogP contribution in [0.25, 0.3) is 0 Å². The van der Waals surface area contributed by atoms with E-state index in [0.29, 0.717) is 25.5 Å². The highest BCUT2D eigenvalue weighted by Crippen LogP contribution is 2.22. The summed E-state index contributed by atoms with van der Waals surface area (Å²) in [5, 5.41) is 10.6. The van der Waals surface area contributed by atoms with Crippen LogP contribution < -0.4 is 0 Å². The zero-order valence-electron chi connectivity index (χ0n) is 11.4. The van der Waals surface area contributed by atoms with Gasteiger partial charge in [0.05, 0.1) is 25.1 Å². The maximum absolute atomic E-state index is 11.7. The third-order valence-corrected chi connectivity index (χ3v) is 3.33. The van der Waals surface area contributed by atoms with Crippen LogP contribution in [0.1, 0.15) is 25.5 Å². The molecule has 1 aliphatic heterocycles. The van der Waals surface area contributed by atoms with Crippen LogP contribution in [0.15, 0.2) is 16.5 Å². The maximum Gasteiger partial charge on any atom is 0.433 e. The Morgan fingerprint density at radius 1 is 1.60 bits per heavy atom. The second kappa shape index (κ2) is 6.51. The van der Waals surface area contributed by atoms with E-state index in [1.54, 1.807) is 13.0 Å². The minimum atomic E-state index is -0.554. The van der Waals surface area contributed by atoms with E-state index >= 15 is 0 Å². The Labute approximate surface area is 116 Å². The highest BCUT2D eigenvalue weighted by atomic mass is 16.6. The summed E-state index contributed by atoms with van der Waals surface area (Å²) in [7, 11) is 0. The molecule has 0 bridgehead atoms. The van der Waals surface area contributed by atoms with E-state index in [0.717, 1.165) is 19.4 Å². The standard InChI is InChI=1S/C13H18N2O5/c1-2-19-13(16)10-4-3-7-14(8-10)9-11-5-6-12(20-11)15(17)18/h5-6,10H,2-4,7-9H2,1H3/t10-/m1/s1. The number of nitro groups is 1. The van der Waals surface area contributed by atoms with Crippen LogP contribution >= 0.6 is 0 Å². The molecule has 0 spiro atoms. The molecule has 0 amide bonds. The van der Waals surface area contributed by atoms with Gasteiger partial charge in [0.25, 0.3) is 0 Å². The van der Waals surface area contributed by atoms with Gasteiger partial charge in [0.15, 0.2) is 0 Å². The molecule has 0 saturated carbocycles. The molecule has 1 aliphatic rings. The second-order valence-corrected chi connectivity index (χ2v) is 4.82. The van der Waals surface area contributed by atoms with E-state index in [1.165, 1.54) is 6.07 Å². The van der Waals surface area contributed by atoms with Crippen molar-refractivity contribution in [1.82, 2.24) is 4.90 Å². The average molecular weight is 282 g/mol. The molecular weight excluding hydrogens is 264 g/mol. The summed E-state index contributed by atoms with van der Waals surface area (Å²) in [4.78, 5) is 23.8. The third kappa shape index (κ3) is 3.57. The number of furan rings is 1. The summed E-state index contributed by atoms with van der Waals surface area (Å²) in [6, 6.07) is 2.95. The van der Waals surface area contributed by atoms with Crippen molar-refractivity contribution in [1.29, 1.82) is 0 Å². The van der Waals surface area contributed by atoms with Gasteiger partial charge in [-0.15, -0.1) is 0 Å². The molecule has 0 unspecified atom stereocenters. The monoisotopic (exact) mass is 282 g/mol. The fourth-order valence-corrected chi connectivity index (χ4v) is 2.42. The molecule has 1 atom stereocenters. The van der Waals surface area contributed by atoms with Crippen molar-refractivity contribution in [2.75, 3.05) is 19.7 Å². The lowest BCUT2D eigenvalue weighted by molar-refractivity contribution is -0.402. The van der Waals surface area contributed by atoms with E-state index in [9.17, 15) is 14.9 Å². The van der Waals surface area contributed by atoms with Gasteiger partial charge in [0, 0.05) is 6.54 Å². The zero-order valence-corrected chi connectivity index (χ0v) is 11.4. The van der Waals surface area contributed by atoms with Gasteiger partial charge in [-0.2, -0.15) is 0 Å². The lowest BCUT2D eigenvalue weighted by atomic mass is 9.98. The molecule has 1 fully saturated rings. The summed E-state index contributed by atoms with van der Waals surface area (Å²) in [6.07, 6.45) is 1.74. The Morgan fingerprint density at radius 2 is 2.40 bits per heavy atom. The summed E-state index contributed by atoms with van der Waals surface area (Å²) in [5.41, 5.74) is 0. The molecule has 110 valence electrons. The average Bonchev–Trinajstić information content (AvgIpc) is 2.88. The molecule has 0 N–H and O–H groups in total. The molecule has 2 heterocycles. The van der Waals surface area contributed by atoms with Crippen LogP contribution in [-0.2, 0) is 16.1 Å². The maximum atomic E-state index is 11.7. The van der Waals surface area contributed by atoms with Crippen molar-refractivity contribution in [3.05, 3.63) is 28.0 Å². The zero-order chi connectivity index (χ0) is 14.5. The normalized spacial score (nSPS) is 19.8. The van der Waals surface area contributed by atoms with Crippen molar-refractivity contribution in [2.24, 2.45) is 5.92 Å². The van der Waals surface area contributed by atoms with E-state index in [4.69, 9.17) is 9.15 Å². The van der Waals surface area contributed by atoms with Crippen LogP contribution in [0.2, 0.25) is 0 Å². The number of esters is 1. The number of likely N-dealkylation sites (tertiary alicyclic amines) is 1. The predicted molar refractivity (Wildman–Crippen MR) is 70.0 cm³/mol. The van der Waals surface area contributed by atoms with Gasteiger partial charge in [-0.1, -0.05) is 0 Å². The number of piperidine rings is 1. The van der Waals surface area contributed by atoms with Crippen molar-refractivity contribution < 1.29 is 18.9 Å². The first kappa shape index (κ1) is 14.5. The minimum absolute atomic E-state index is 0.117. The van der Waals surface area contributed by atoms with Crippen molar-refractivity contribution in [3.8, 4) is 0 Å². The Bertz CT molecular complexity index is 485. The number of carbonyl (C=O) groups is 1. The Morgan fingerprint density at radius 3 is 3.05 bits per heavy atom. The SMILES string of the molecule is CCOC(=O)[C@@H]1CCCN(Cc2ccc([N+](=O)[O-])o2)C1. The smallest absolute Gasteiger partial charge is 0.433 e. The van der Waals surface area contributed by atoms with Gasteiger partial charge in [-0.3, -0.25) is 19.8 Å². The van der Waals surface area contributed by atoms with Gasteiger partial charge < -0.3 is 9.15 Å². The molecule has 20 heavy (non-hydrogen) atoms. The predicted octanol–water partition coefficient (Wildman–Crippen LogP) is 1.96. The van der Waals surface area contributed by atoms with E-state index in [1.807, 2.05) is 0 Å². The van der Waals surface area contributed by atoms with Crippen molar-refractivity contribution >= 4 is 11.9 Å². The summed E-state index contributed by atoms with van der Waals surface area (Å²) in [5.74, 6) is 0.0106. The first-order valence-corrected chi connectivity index (χ1v) is 6.72. The van der Waals surface area contributed by atoms with Crippen LogP contribution in [0.3, 0.4) is 0 Å². The highest BCUT2D eigenvalue weighted by molar-refractivity contribution is 5.72. The first-order valence-electron chi connectivity index (χ1n) is 6.72. The topological polar surface area (TPSA) is 85.8 Å². The van der Waals surface area contributed by atoms with Gasteiger partial charge in [-0.25, -0.2) is 0 Å². The van der Waals surface area contributed by atoms with Gasteiger partial charge in [0.2, 0.25) is 0 Å². The summed E-state index contributed by atoms with van der Waals surface area (Å²) in [6.45, 7) is 4.11. The van der Waals surface area contributed by atoms with Crippen LogP contribution in [0, 0.1) is 16.0 Å². The number of hydrogen-bond donors (Lipinski definition) is 0. The van der Waals surface area contributed by atoms with Crippen molar-refractivity contribution in [2.45, 2.75) is 26.3 Å². The van der Waals surface area contributed by atoms with E-state index < -0.39 is 4.92 Å². The molecule has 7 nitrogen and oxygen atoms in total. The number of nitrogens with zero attached hydrogens (tertiary/aromatic N) is 2. The Kier molecular flexibility index (Phi) is 4.73. The molecule has 0 radical (unpaired) electrons. The number of rotatable bonds is 5. The summed E-state index contributed by atoms with van der Waals surface area (Å²) < 4.78 is 10.2. The molecule has 7 heteroatoms. The Balaban J connectivity index is 1.92. The van der Waals surface area contributed by atoms with Crippen molar-refractivity contribution in [3.63, 3.8) is 0 Å². The molecule has 0 aliphatic carbocycles. The molecule has 1 aromatic rings. The van der Waals surface area contributed by atoms with Gasteiger partial charge in [0.1, 0.15) is 10.7 Å². The second-order valence-electron chi connectivity index (χ2n) is 4.82. The quantitative estimate of drug-likeness (QED) is 0.466. The Hall–Kier alpha value is -1.89. The van der Waals surface area contributed by atoms with E-state index in [-0.39, 0.29) is 17.8 Å².